The molecule has 20 heavy (non-hydrogen) atoms. The second-order valence-electron chi connectivity index (χ2n) is 4.53. The van der Waals surface area contributed by atoms with Gasteiger partial charge in [-0.05, 0) is 42.0 Å². The molecule has 4 heteroatoms. The first-order valence-electron chi connectivity index (χ1n) is 6.37. The van der Waals surface area contributed by atoms with Crippen LogP contribution in [0.5, 0.6) is 5.75 Å². The van der Waals surface area contributed by atoms with Crippen LogP contribution in [-0.4, -0.2) is 17.8 Å². The summed E-state index contributed by atoms with van der Waals surface area (Å²) in [4.78, 5) is 5.52. The highest BCUT2D eigenvalue weighted by Gasteiger charge is 2.14. The molecular formula is C16H14N2OS. The minimum Gasteiger partial charge on any atom is -0.497 e. The fraction of sp³-hybridized carbons (Fsp3) is 0.125. The molecule has 2 aromatic rings. The summed E-state index contributed by atoms with van der Waals surface area (Å²) in [7, 11) is 1.66. The minimum absolute atomic E-state index is 0.635. The molecule has 0 aliphatic carbocycles. The van der Waals surface area contributed by atoms with Crippen LogP contribution in [0.25, 0.3) is 0 Å². The van der Waals surface area contributed by atoms with Crippen molar-refractivity contribution >= 4 is 34.3 Å². The molecule has 1 aliphatic heterocycles. The van der Waals surface area contributed by atoms with Crippen molar-refractivity contribution in [2.24, 2.45) is 4.99 Å². The van der Waals surface area contributed by atoms with Crippen LogP contribution < -0.4 is 10.1 Å². The van der Waals surface area contributed by atoms with E-state index in [2.05, 4.69) is 5.32 Å². The molecule has 3 nitrogen and oxygen atoms in total. The predicted molar refractivity (Wildman–Crippen MR) is 86.5 cm³/mol. The molecule has 0 atom stereocenters. The fourth-order valence-electron chi connectivity index (χ4n) is 2.16. The standard InChI is InChI=1S/C16H14N2OS/c1-19-12-8-6-11(7-9-12)15-10-16(20)18-14-5-3-2-4-13(14)17-15/h2-9H,10H2,1H3,(H,18,20). The topological polar surface area (TPSA) is 33.6 Å². The van der Waals surface area contributed by atoms with E-state index in [0.717, 1.165) is 33.4 Å². The Morgan fingerprint density at radius 1 is 1.10 bits per heavy atom. The number of nitrogens with zero attached hydrogens (tertiary/aromatic N) is 1. The lowest BCUT2D eigenvalue weighted by molar-refractivity contribution is 0.415. The molecule has 1 N–H and O–H groups in total. The SMILES string of the molecule is COc1ccc(C2=Nc3ccccc3NC(=S)C2)cc1. The Morgan fingerprint density at radius 2 is 1.85 bits per heavy atom. The first kappa shape index (κ1) is 12.8. The summed E-state index contributed by atoms with van der Waals surface area (Å²) in [6.07, 6.45) is 0.635. The van der Waals surface area contributed by atoms with Gasteiger partial charge in [-0.3, -0.25) is 4.99 Å². The number of aliphatic imine (C=N–C) groups is 1. The van der Waals surface area contributed by atoms with Crippen molar-refractivity contribution in [1.82, 2.24) is 0 Å². The number of nitrogens with one attached hydrogen (secondary N) is 1. The largest absolute Gasteiger partial charge is 0.497 e. The Labute approximate surface area is 123 Å². The van der Waals surface area contributed by atoms with Gasteiger partial charge in [0, 0.05) is 6.42 Å². The van der Waals surface area contributed by atoms with Crippen molar-refractivity contribution in [1.29, 1.82) is 0 Å². The van der Waals surface area contributed by atoms with E-state index in [1.807, 2.05) is 48.5 Å². The van der Waals surface area contributed by atoms with E-state index >= 15 is 0 Å². The minimum atomic E-state index is 0.635. The van der Waals surface area contributed by atoms with E-state index < -0.39 is 0 Å². The average molecular weight is 282 g/mol. The fourth-order valence-corrected chi connectivity index (χ4v) is 2.40. The highest BCUT2D eigenvalue weighted by Crippen LogP contribution is 2.29. The molecule has 0 bridgehead atoms. The van der Waals surface area contributed by atoms with E-state index in [-0.39, 0.29) is 0 Å². The zero-order valence-corrected chi connectivity index (χ0v) is 11.9. The molecule has 0 spiro atoms. The Hall–Kier alpha value is -2.20. The molecule has 0 amide bonds. The smallest absolute Gasteiger partial charge is 0.118 e. The van der Waals surface area contributed by atoms with Gasteiger partial charge in [0.1, 0.15) is 5.75 Å². The monoisotopic (exact) mass is 282 g/mol. The summed E-state index contributed by atoms with van der Waals surface area (Å²) < 4.78 is 5.18. The summed E-state index contributed by atoms with van der Waals surface area (Å²) in [5.41, 5.74) is 3.90. The molecule has 0 radical (unpaired) electrons. The third-order valence-corrected chi connectivity index (χ3v) is 3.43. The lowest BCUT2D eigenvalue weighted by atomic mass is 10.1. The van der Waals surface area contributed by atoms with Gasteiger partial charge in [-0.25, -0.2) is 0 Å². The molecule has 0 saturated carbocycles. The molecule has 0 fully saturated rings. The van der Waals surface area contributed by atoms with Crippen LogP contribution in [0.3, 0.4) is 0 Å². The van der Waals surface area contributed by atoms with Crippen molar-refractivity contribution in [2.45, 2.75) is 6.42 Å². The van der Waals surface area contributed by atoms with Gasteiger partial charge in [0.25, 0.3) is 0 Å². The van der Waals surface area contributed by atoms with Gasteiger partial charge in [0.15, 0.2) is 0 Å². The number of anilines is 1. The number of rotatable bonds is 2. The summed E-state index contributed by atoms with van der Waals surface area (Å²) >= 11 is 5.38. The zero-order valence-electron chi connectivity index (χ0n) is 11.1. The predicted octanol–water partition coefficient (Wildman–Crippen LogP) is 3.96. The molecule has 1 heterocycles. The second kappa shape index (κ2) is 5.43. The second-order valence-corrected chi connectivity index (χ2v) is 5.02. The molecule has 0 saturated heterocycles. The van der Waals surface area contributed by atoms with Gasteiger partial charge in [-0.2, -0.15) is 0 Å². The molecule has 3 rings (SSSR count). The molecule has 100 valence electrons. The van der Waals surface area contributed by atoms with Gasteiger partial charge in [0.05, 0.1) is 29.2 Å². The Bertz CT molecular complexity index is 677. The van der Waals surface area contributed by atoms with Gasteiger partial charge in [-0.1, -0.05) is 24.4 Å². The van der Waals surface area contributed by atoms with Crippen LogP contribution in [0.2, 0.25) is 0 Å². The van der Waals surface area contributed by atoms with Crippen LogP contribution in [0.15, 0.2) is 53.5 Å². The number of hydrogen-bond donors (Lipinski definition) is 1. The van der Waals surface area contributed by atoms with Crippen LogP contribution in [0.4, 0.5) is 11.4 Å². The summed E-state index contributed by atoms with van der Waals surface area (Å²) in [5.74, 6) is 0.837. The lowest BCUT2D eigenvalue weighted by Crippen LogP contribution is -2.12. The van der Waals surface area contributed by atoms with E-state index in [0.29, 0.717) is 6.42 Å². The van der Waals surface area contributed by atoms with Crippen LogP contribution in [0.1, 0.15) is 12.0 Å². The number of benzene rings is 2. The van der Waals surface area contributed by atoms with Gasteiger partial charge >= 0.3 is 0 Å². The highest BCUT2D eigenvalue weighted by atomic mass is 32.1. The van der Waals surface area contributed by atoms with Gasteiger partial charge < -0.3 is 10.1 Å². The normalized spacial score (nSPS) is 13.8. The first-order chi connectivity index (χ1) is 9.76. The number of fused-ring (bicyclic) bond motifs is 1. The Balaban J connectivity index is 2.03. The molecule has 2 aromatic carbocycles. The van der Waals surface area contributed by atoms with E-state index in [1.54, 1.807) is 7.11 Å². The maximum atomic E-state index is 5.38. The maximum Gasteiger partial charge on any atom is 0.118 e. The third-order valence-electron chi connectivity index (χ3n) is 3.18. The molecular weight excluding hydrogens is 268 g/mol. The maximum absolute atomic E-state index is 5.38. The van der Waals surface area contributed by atoms with Crippen molar-refractivity contribution in [3.05, 3.63) is 54.1 Å². The van der Waals surface area contributed by atoms with Gasteiger partial charge in [0.2, 0.25) is 0 Å². The van der Waals surface area contributed by atoms with Crippen molar-refractivity contribution < 1.29 is 4.74 Å². The summed E-state index contributed by atoms with van der Waals surface area (Å²) in [5, 5.41) is 3.24. The van der Waals surface area contributed by atoms with Crippen LogP contribution in [0, 0.1) is 0 Å². The number of para-hydroxylation sites is 2. The van der Waals surface area contributed by atoms with Crippen LogP contribution in [-0.2, 0) is 0 Å². The van der Waals surface area contributed by atoms with E-state index in [9.17, 15) is 0 Å². The quantitative estimate of drug-likeness (QED) is 0.846. The highest BCUT2D eigenvalue weighted by molar-refractivity contribution is 7.80. The Morgan fingerprint density at radius 3 is 2.60 bits per heavy atom. The van der Waals surface area contributed by atoms with Crippen LogP contribution >= 0.6 is 12.2 Å². The third kappa shape index (κ3) is 2.56. The lowest BCUT2D eigenvalue weighted by Gasteiger charge is -2.06. The van der Waals surface area contributed by atoms with E-state index in [4.69, 9.17) is 21.9 Å². The zero-order chi connectivity index (χ0) is 13.9. The summed E-state index contributed by atoms with van der Waals surface area (Å²) in [6.45, 7) is 0. The molecule has 0 aromatic heterocycles. The van der Waals surface area contributed by atoms with E-state index in [1.165, 1.54) is 0 Å². The molecule has 0 unspecified atom stereocenters. The first-order valence-corrected chi connectivity index (χ1v) is 6.78. The van der Waals surface area contributed by atoms with Crippen molar-refractivity contribution in [3.63, 3.8) is 0 Å². The number of ether oxygens (including phenoxy) is 1. The number of methoxy groups -OCH3 is 1. The Kier molecular flexibility index (Phi) is 3.48. The molecule has 1 aliphatic rings. The van der Waals surface area contributed by atoms with Gasteiger partial charge in [-0.15, -0.1) is 0 Å². The number of hydrogen-bond acceptors (Lipinski definition) is 3. The van der Waals surface area contributed by atoms with Crippen molar-refractivity contribution in [3.8, 4) is 5.75 Å². The average Bonchev–Trinajstić information content (AvgIpc) is 2.65. The summed E-state index contributed by atoms with van der Waals surface area (Å²) in [6, 6.07) is 15.8. The van der Waals surface area contributed by atoms with Crippen molar-refractivity contribution in [2.75, 3.05) is 12.4 Å². The number of thiocarbonyl (C=S) groups is 1.